The van der Waals surface area contributed by atoms with Crippen LogP contribution in [0, 0.1) is 0 Å². The molecule has 0 aliphatic heterocycles. The highest BCUT2D eigenvalue weighted by molar-refractivity contribution is 5.66. The van der Waals surface area contributed by atoms with Crippen molar-refractivity contribution >= 4 is 0 Å². The lowest BCUT2D eigenvalue weighted by atomic mass is 9.81. The van der Waals surface area contributed by atoms with E-state index in [0.717, 1.165) is 5.69 Å². The normalized spacial score (nSPS) is 13.7. The summed E-state index contributed by atoms with van der Waals surface area (Å²) in [5.74, 6) is 0.618. The predicted octanol–water partition coefficient (Wildman–Crippen LogP) is 5.11. The van der Waals surface area contributed by atoms with Gasteiger partial charge in [-0.3, -0.25) is 0 Å². The molecule has 0 saturated carbocycles. The number of nitrogens with one attached hydrogen (secondary N) is 1. The fraction of sp³-hybridized carbons (Fsp3) is 0.500. The summed E-state index contributed by atoms with van der Waals surface area (Å²) in [6.07, 6.45) is 8.80. The average Bonchev–Trinajstić information content (AvgIpc) is 3.02. The van der Waals surface area contributed by atoms with E-state index in [0.29, 0.717) is 5.92 Å². The van der Waals surface area contributed by atoms with Crippen LogP contribution in [0.3, 0.4) is 0 Å². The summed E-state index contributed by atoms with van der Waals surface area (Å²) < 4.78 is 0. The molecule has 2 nitrogen and oxygen atoms in total. The van der Waals surface area contributed by atoms with Gasteiger partial charge in [-0.15, -0.1) is 0 Å². The zero-order chi connectivity index (χ0) is 14.5. The zero-order valence-electron chi connectivity index (χ0n) is 13.2. The highest BCUT2D eigenvalue weighted by atomic mass is 14.9. The molecule has 108 valence electrons. The molecular weight excluding hydrogens is 244 g/mol. The fourth-order valence-corrected chi connectivity index (χ4v) is 3.09. The smallest absolute Gasteiger partial charge is 0.0924 e. The van der Waals surface area contributed by atoms with Crippen molar-refractivity contribution in [2.45, 2.75) is 59.3 Å². The molecule has 0 bridgehead atoms. The number of H-pyrrole nitrogens is 1. The van der Waals surface area contributed by atoms with E-state index in [1.165, 1.54) is 36.8 Å². The first-order valence-electron chi connectivity index (χ1n) is 7.90. The maximum absolute atomic E-state index is 4.15. The molecule has 0 radical (unpaired) electrons. The van der Waals surface area contributed by atoms with Gasteiger partial charge in [-0.1, -0.05) is 39.8 Å². The largest absolute Gasteiger partial charge is 0.345 e. The number of hydrogen-bond donors (Lipinski definition) is 1. The van der Waals surface area contributed by atoms with E-state index >= 15 is 0 Å². The molecule has 0 unspecified atom stereocenters. The molecule has 1 aromatic heterocycles. The quantitative estimate of drug-likeness (QED) is 0.807. The third-order valence-corrected chi connectivity index (χ3v) is 3.98. The SMILES string of the molecule is CC.CC(C)c1ccc(-c2cnc[nH]2)c2c1CCCC2. The number of rotatable bonds is 2. The Balaban J connectivity index is 0.000000704. The van der Waals surface area contributed by atoms with Gasteiger partial charge >= 0.3 is 0 Å². The second-order valence-electron chi connectivity index (χ2n) is 5.49. The summed E-state index contributed by atoms with van der Waals surface area (Å²) in [5, 5.41) is 0. The number of fused-ring (bicyclic) bond motifs is 1. The highest BCUT2D eigenvalue weighted by Gasteiger charge is 2.19. The Kier molecular flexibility index (Phi) is 4.99. The zero-order valence-corrected chi connectivity index (χ0v) is 13.2. The van der Waals surface area contributed by atoms with Crippen molar-refractivity contribution in [3.63, 3.8) is 0 Å². The van der Waals surface area contributed by atoms with Gasteiger partial charge in [0.1, 0.15) is 0 Å². The molecule has 1 N–H and O–H groups in total. The van der Waals surface area contributed by atoms with Gasteiger partial charge in [-0.2, -0.15) is 0 Å². The van der Waals surface area contributed by atoms with E-state index in [1.54, 1.807) is 17.5 Å². The lowest BCUT2D eigenvalue weighted by molar-refractivity contribution is 0.671. The minimum atomic E-state index is 0.618. The van der Waals surface area contributed by atoms with E-state index < -0.39 is 0 Å². The number of aromatic nitrogens is 2. The minimum absolute atomic E-state index is 0.618. The minimum Gasteiger partial charge on any atom is -0.345 e. The molecule has 2 aromatic rings. The van der Waals surface area contributed by atoms with Crippen LogP contribution in [0.25, 0.3) is 11.3 Å². The van der Waals surface area contributed by atoms with Gasteiger partial charge in [0.2, 0.25) is 0 Å². The number of nitrogens with zero attached hydrogens (tertiary/aromatic N) is 1. The van der Waals surface area contributed by atoms with Crippen LogP contribution in [0.2, 0.25) is 0 Å². The van der Waals surface area contributed by atoms with E-state index in [-0.39, 0.29) is 0 Å². The Hall–Kier alpha value is -1.57. The van der Waals surface area contributed by atoms with Gasteiger partial charge in [0, 0.05) is 5.56 Å². The van der Waals surface area contributed by atoms with Gasteiger partial charge in [0.15, 0.2) is 0 Å². The Bertz CT molecular complexity index is 539. The molecular formula is C18H26N2. The Labute approximate surface area is 122 Å². The molecule has 1 aliphatic rings. The van der Waals surface area contributed by atoms with Crippen LogP contribution in [0.5, 0.6) is 0 Å². The van der Waals surface area contributed by atoms with Crippen LogP contribution in [0.15, 0.2) is 24.7 Å². The fourth-order valence-electron chi connectivity index (χ4n) is 3.09. The second-order valence-corrected chi connectivity index (χ2v) is 5.49. The van der Waals surface area contributed by atoms with Crippen LogP contribution in [-0.2, 0) is 12.8 Å². The molecule has 1 aromatic carbocycles. The first-order chi connectivity index (χ1) is 9.77. The van der Waals surface area contributed by atoms with Crippen LogP contribution >= 0.6 is 0 Å². The molecule has 3 rings (SSSR count). The van der Waals surface area contributed by atoms with Crippen molar-refractivity contribution in [1.82, 2.24) is 9.97 Å². The summed E-state index contributed by atoms with van der Waals surface area (Å²) in [4.78, 5) is 7.39. The van der Waals surface area contributed by atoms with Gasteiger partial charge in [-0.25, -0.2) is 4.98 Å². The number of aromatic amines is 1. The van der Waals surface area contributed by atoms with Gasteiger partial charge in [0.05, 0.1) is 18.2 Å². The molecule has 0 saturated heterocycles. The summed E-state index contributed by atoms with van der Waals surface area (Å²) in [6.45, 7) is 8.58. The first-order valence-corrected chi connectivity index (χ1v) is 7.90. The number of hydrogen-bond acceptors (Lipinski definition) is 1. The molecule has 0 spiro atoms. The summed E-state index contributed by atoms with van der Waals surface area (Å²) in [5.41, 5.74) is 7.20. The van der Waals surface area contributed by atoms with Crippen LogP contribution in [-0.4, -0.2) is 9.97 Å². The Morgan fingerprint density at radius 2 is 1.75 bits per heavy atom. The first kappa shape index (κ1) is 14.8. The molecule has 1 aliphatic carbocycles. The summed E-state index contributed by atoms with van der Waals surface area (Å²) in [6, 6.07) is 4.58. The van der Waals surface area contributed by atoms with Crippen LogP contribution in [0.1, 0.15) is 63.1 Å². The molecule has 20 heavy (non-hydrogen) atoms. The average molecular weight is 270 g/mol. The monoisotopic (exact) mass is 270 g/mol. The van der Waals surface area contributed by atoms with Gasteiger partial charge in [0.25, 0.3) is 0 Å². The highest BCUT2D eigenvalue weighted by Crippen LogP contribution is 2.35. The van der Waals surface area contributed by atoms with Crippen molar-refractivity contribution in [3.05, 3.63) is 41.3 Å². The maximum Gasteiger partial charge on any atom is 0.0924 e. The van der Waals surface area contributed by atoms with E-state index in [4.69, 9.17) is 0 Å². The third kappa shape index (κ3) is 2.79. The molecule has 0 fully saturated rings. The van der Waals surface area contributed by atoms with E-state index in [2.05, 4.69) is 35.9 Å². The molecule has 2 heteroatoms. The Morgan fingerprint density at radius 3 is 2.35 bits per heavy atom. The van der Waals surface area contributed by atoms with Crippen molar-refractivity contribution in [1.29, 1.82) is 0 Å². The van der Waals surface area contributed by atoms with E-state index in [9.17, 15) is 0 Å². The molecule has 0 atom stereocenters. The van der Waals surface area contributed by atoms with E-state index in [1.807, 2.05) is 20.0 Å². The summed E-state index contributed by atoms with van der Waals surface area (Å²) in [7, 11) is 0. The summed E-state index contributed by atoms with van der Waals surface area (Å²) >= 11 is 0. The molecule has 1 heterocycles. The van der Waals surface area contributed by atoms with Crippen LogP contribution in [0.4, 0.5) is 0 Å². The van der Waals surface area contributed by atoms with Crippen LogP contribution < -0.4 is 0 Å². The van der Waals surface area contributed by atoms with Gasteiger partial charge < -0.3 is 4.98 Å². The van der Waals surface area contributed by atoms with Crippen molar-refractivity contribution in [2.24, 2.45) is 0 Å². The van der Waals surface area contributed by atoms with Crippen molar-refractivity contribution in [2.75, 3.05) is 0 Å². The van der Waals surface area contributed by atoms with Gasteiger partial charge in [-0.05, 0) is 48.3 Å². The standard InChI is InChI=1S/C16H20N2.C2H6/c1-11(2)12-7-8-15(16-9-17-10-18-16)14-6-4-3-5-13(12)14;1-2/h7-11H,3-6H2,1-2H3,(H,17,18);1-2H3. The number of benzene rings is 1. The second kappa shape index (κ2) is 6.74. The molecule has 0 amide bonds. The van der Waals surface area contributed by atoms with Crippen molar-refractivity contribution in [3.8, 4) is 11.3 Å². The predicted molar refractivity (Wildman–Crippen MR) is 86.1 cm³/mol. The third-order valence-electron chi connectivity index (χ3n) is 3.98. The maximum atomic E-state index is 4.15. The topological polar surface area (TPSA) is 28.7 Å². The lowest BCUT2D eigenvalue weighted by Gasteiger charge is -2.24. The number of imidazole rings is 1. The van der Waals surface area contributed by atoms with Crippen molar-refractivity contribution < 1.29 is 0 Å². The Morgan fingerprint density at radius 1 is 1.05 bits per heavy atom. The lowest BCUT2D eigenvalue weighted by Crippen LogP contribution is -2.09.